The summed E-state index contributed by atoms with van der Waals surface area (Å²) in [6.07, 6.45) is 6.98. The average molecular weight is 229 g/mol. The monoisotopic (exact) mass is 229 g/mol. The third-order valence-electron chi connectivity index (χ3n) is 3.22. The molecule has 0 radical (unpaired) electrons. The summed E-state index contributed by atoms with van der Waals surface area (Å²) >= 11 is 0. The molecule has 0 aromatic rings. The van der Waals surface area contributed by atoms with E-state index >= 15 is 0 Å². The van der Waals surface area contributed by atoms with Crippen molar-refractivity contribution in [2.45, 2.75) is 52.2 Å². The Labute approximate surface area is 99.9 Å². The van der Waals surface area contributed by atoms with E-state index in [4.69, 9.17) is 9.47 Å². The van der Waals surface area contributed by atoms with Crippen LogP contribution in [-0.2, 0) is 9.47 Å². The van der Waals surface area contributed by atoms with E-state index in [2.05, 4.69) is 5.32 Å². The maximum Gasteiger partial charge on any atom is 0.169 e. The van der Waals surface area contributed by atoms with Gasteiger partial charge in [-0.05, 0) is 32.7 Å². The van der Waals surface area contributed by atoms with Crippen LogP contribution in [0.3, 0.4) is 0 Å². The summed E-state index contributed by atoms with van der Waals surface area (Å²) in [5, 5.41) is 3.43. The summed E-state index contributed by atoms with van der Waals surface area (Å²) in [5.41, 5.74) is 0. The van der Waals surface area contributed by atoms with E-state index in [1.54, 1.807) is 0 Å². The molecule has 0 bridgehead atoms. The lowest BCUT2D eigenvalue weighted by atomic mass is 10.0. The number of hydrogen-bond donors (Lipinski definition) is 1. The second-order valence-electron chi connectivity index (χ2n) is 4.48. The first-order chi connectivity index (χ1) is 7.86. The van der Waals surface area contributed by atoms with E-state index in [9.17, 15) is 0 Å². The Morgan fingerprint density at radius 3 is 2.31 bits per heavy atom. The van der Waals surface area contributed by atoms with E-state index < -0.39 is 0 Å². The molecule has 0 aliphatic heterocycles. The van der Waals surface area contributed by atoms with Crippen LogP contribution in [-0.4, -0.2) is 32.6 Å². The van der Waals surface area contributed by atoms with Crippen LogP contribution in [0, 0.1) is 5.92 Å². The van der Waals surface area contributed by atoms with Crippen LogP contribution in [0.5, 0.6) is 0 Å². The summed E-state index contributed by atoms with van der Waals surface area (Å²) in [5.74, 6) is 0.963. The summed E-state index contributed by atoms with van der Waals surface area (Å²) in [4.78, 5) is 0. The van der Waals surface area contributed by atoms with E-state index in [1.807, 2.05) is 13.8 Å². The fourth-order valence-electron chi connectivity index (χ4n) is 2.36. The van der Waals surface area contributed by atoms with Gasteiger partial charge in [0.05, 0.1) is 0 Å². The molecule has 3 heteroatoms. The van der Waals surface area contributed by atoms with Gasteiger partial charge in [0.25, 0.3) is 0 Å². The fourth-order valence-corrected chi connectivity index (χ4v) is 2.36. The normalized spacial score (nSPS) is 17.4. The Balaban J connectivity index is 1.98. The zero-order chi connectivity index (χ0) is 11.6. The maximum atomic E-state index is 5.47. The van der Waals surface area contributed by atoms with Gasteiger partial charge >= 0.3 is 0 Å². The average Bonchev–Trinajstić information content (AvgIpc) is 2.78. The minimum Gasteiger partial charge on any atom is -0.352 e. The molecule has 0 spiro atoms. The summed E-state index contributed by atoms with van der Waals surface area (Å²) in [7, 11) is 0. The topological polar surface area (TPSA) is 30.5 Å². The van der Waals surface area contributed by atoms with E-state index in [1.165, 1.54) is 32.1 Å². The third kappa shape index (κ3) is 5.83. The van der Waals surface area contributed by atoms with Crippen molar-refractivity contribution in [1.82, 2.24) is 5.32 Å². The summed E-state index contributed by atoms with van der Waals surface area (Å²) < 4.78 is 10.9. The molecular weight excluding hydrogens is 202 g/mol. The summed E-state index contributed by atoms with van der Waals surface area (Å²) in [6.45, 7) is 7.36. The van der Waals surface area contributed by atoms with Crippen LogP contribution < -0.4 is 5.32 Å². The van der Waals surface area contributed by atoms with Gasteiger partial charge < -0.3 is 14.8 Å². The highest BCUT2D eigenvalue weighted by molar-refractivity contribution is 4.68. The highest BCUT2D eigenvalue weighted by Crippen LogP contribution is 2.26. The first-order valence-electron chi connectivity index (χ1n) is 6.80. The predicted molar refractivity (Wildman–Crippen MR) is 66.5 cm³/mol. The molecule has 0 aromatic carbocycles. The Morgan fingerprint density at radius 1 is 1.12 bits per heavy atom. The van der Waals surface area contributed by atoms with Crippen molar-refractivity contribution in [1.29, 1.82) is 0 Å². The molecule has 0 unspecified atom stereocenters. The molecule has 1 saturated carbocycles. The van der Waals surface area contributed by atoms with Crippen molar-refractivity contribution in [2.24, 2.45) is 5.92 Å². The van der Waals surface area contributed by atoms with Gasteiger partial charge in [0.2, 0.25) is 0 Å². The molecule has 1 N–H and O–H groups in total. The predicted octanol–water partition coefficient (Wildman–Crippen LogP) is 2.56. The van der Waals surface area contributed by atoms with Crippen LogP contribution in [0.15, 0.2) is 0 Å². The van der Waals surface area contributed by atoms with Gasteiger partial charge in [0, 0.05) is 19.8 Å². The lowest BCUT2D eigenvalue weighted by molar-refractivity contribution is -0.132. The maximum absolute atomic E-state index is 5.47. The van der Waals surface area contributed by atoms with Crippen molar-refractivity contribution in [2.75, 3.05) is 26.3 Å². The fraction of sp³-hybridized carbons (Fsp3) is 1.00. The minimum atomic E-state index is -0.0708. The third-order valence-corrected chi connectivity index (χ3v) is 3.22. The second kappa shape index (κ2) is 8.97. The SMILES string of the molecule is CCOC(CNCCC1CCCC1)OCC. The van der Waals surface area contributed by atoms with Crippen molar-refractivity contribution < 1.29 is 9.47 Å². The molecule has 16 heavy (non-hydrogen) atoms. The quantitative estimate of drug-likeness (QED) is 0.487. The lowest BCUT2D eigenvalue weighted by Crippen LogP contribution is -2.32. The Bertz CT molecular complexity index is 152. The van der Waals surface area contributed by atoms with Crippen LogP contribution in [0.25, 0.3) is 0 Å². The van der Waals surface area contributed by atoms with Crippen molar-refractivity contribution in [3.05, 3.63) is 0 Å². The standard InChI is InChI=1S/C13H27NO2/c1-3-15-13(16-4-2)11-14-10-9-12-7-5-6-8-12/h12-14H,3-11H2,1-2H3. The van der Waals surface area contributed by atoms with Crippen molar-refractivity contribution in [3.63, 3.8) is 0 Å². The van der Waals surface area contributed by atoms with Gasteiger partial charge in [-0.3, -0.25) is 0 Å². The molecule has 0 amide bonds. The van der Waals surface area contributed by atoms with E-state index in [0.29, 0.717) is 0 Å². The Hall–Kier alpha value is -0.120. The van der Waals surface area contributed by atoms with Gasteiger partial charge in [-0.1, -0.05) is 25.7 Å². The first kappa shape index (κ1) is 13.9. The number of rotatable bonds is 9. The van der Waals surface area contributed by atoms with E-state index in [0.717, 1.165) is 32.2 Å². The molecule has 0 saturated heterocycles. The Kier molecular flexibility index (Phi) is 7.81. The van der Waals surface area contributed by atoms with Gasteiger partial charge in [-0.15, -0.1) is 0 Å². The van der Waals surface area contributed by atoms with Gasteiger partial charge in [-0.25, -0.2) is 0 Å². The summed E-state index contributed by atoms with van der Waals surface area (Å²) in [6, 6.07) is 0. The largest absolute Gasteiger partial charge is 0.352 e. The Morgan fingerprint density at radius 2 is 1.75 bits per heavy atom. The number of ether oxygens (including phenoxy) is 2. The van der Waals surface area contributed by atoms with Gasteiger partial charge in [0.15, 0.2) is 6.29 Å². The smallest absolute Gasteiger partial charge is 0.169 e. The number of nitrogens with one attached hydrogen (secondary N) is 1. The van der Waals surface area contributed by atoms with Gasteiger partial charge in [0.1, 0.15) is 0 Å². The molecule has 0 aromatic heterocycles. The molecule has 0 heterocycles. The lowest BCUT2D eigenvalue weighted by Gasteiger charge is -2.18. The minimum absolute atomic E-state index is 0.0708. The zero-order valence-corrected chi connectivity index (χ0v) is 10.8. The van der Waals surface area contributed by atoms with Crippen molar-refractivity contribution >= 4 is 0 Å². The van der Waals surface area contributed by atoms with E-state index in [-0.39, 0.29) is 6.29 Å². The first-order valence-corrected chi connectivity index (χ1v) is 6.80. The van der Waals surface area contributed by atoms with Crippen LogP contribution in [0.1, 0.15) is 46.0 Å². The van der Waals surface area contributed by atoms with Crippen LogP contribution in [0.4, 0.5) is 0 Å². The molecule has 1 aliphatic carbocycles. The number of hydrogen-bond acceptors (Lipinski definition) is 3. The highest BCUT2D eigenvalue weighted by Gasteiger charge is 2.14. The highest BCUT2D eigenvalue weighted by atomic mass is 16.7. The molecule has 3 nitrogen and oxygen atoms in total. The van der Waals surface area contributed by atoms with Gasteiger partial charge in [-0.2, -0.15) is 0 Å². The van der Waals surface area contributed by atoms with Crippen LogP contribution >= 0.6 is 0 Å². The molecule has 96 valence electrons. The second-order valence-corrected chi connectivity index (χ2v) is 4.48. The molecule has 1 fully saturated rings. The molecule has 1 rings (SSSR count). The zero-order valence-electron chi connectivity index (χ0n) is 10.8. The molecular formula is C13H27NO2. The molecule has 0 atom stereocenters. The van der Waals surface area contributed by atoms with Crippen molar-refractivity contribution in [3.8, 4) is 0 Å². The van der Waals surface area contributed by atoms with Crippen LogP contribution in [0.2, 0.25) is 0 Å². The molecule has 1 aliphatic rings.